The van der Waals surface area contributed by atoms with Crippen LogP contribution in [-0.2, 0) is 4.79 Å². The lowest BCUT2D eigenvalue weighted by molar-refractivity contribution is -0.135. The van der Waals surface area contributed by atoms with E-state index in [1.165, 1.54) is 19.3 Å². The third kappa shape index (κ3) is 3.50. The molecule has 1 fully saturated rings. The summed E-state index contributed by atoms with van der Waals surface area (Å²) in [6.45, 7) is 2.16. The SMILES string of the molecule is CC(C(=O)N(C)CC(=O)c1ccc[nH]1)C1CCCCC1. The minimum absolute atomic E-state index is 0.0248. The van der Waals surface area contributed by atoms with Gasteiger partial charge >= 0.3 is 0 Å². The Labute approximate surface area is 120 Å². The predicted octanol–water partition coefficient (Wildman–Crippen LogP) is 2.87. The number of nitrogens with zero attached hydrogens (tertiary/aromatic N) is 1. The highest BCUT2D eigenvalue weighted by atomic mass is 16.2. The molecule has 1 aromatic rings. The second-order valence-electron chi connectivity index (χ2n) is 5.89. The number of ketones is 1. The van der Waals surface area contributed by atoms with Crippen molar-refractivity contribution in [1.29, 1.82) is 0 Å². The number of nitrogens with one attached hydrogen (secondary N) is 1. The fourth-order valence-electron chi connectivity index (χ4n) is 3.07. The minimum atomic E-state index is -0.0401. The predicted molar refractivity (Wildman–Crippen MR) is 78.5 cm³/mol. The van der Waals surface area contributed by atoms with Crippen LogP contribution in [-0.4, -0.2) is 35.2 Å². The Morgan fingerprint density at radius 3 is 2.65 bits per heavy atom. The lowest BCUT2D eigenvalue weighted by Crippen LogP contribution is -2.38. The van der Waals surface area contributed by atoms with Gasteiger partial charge in [0.15, 0.2) is 5.78 Å². The maximum Gasteiger partial charge on any atom is 0.225 e. The number of hydrogen-bond donors (Lipinski definition) is 1. The Hall–Kier alpha value is -1.58. The number of Topliss-reactive ketones (excluding diaryl/α,β-unsaturated/α-hetero) is 1. The average Bonchev–Trinajstić information content (AvgIpc) is 3.01. The topological polar surface area (TPSA) is 53.2 Å². The fraction of sp³-hybridized carbons (Fsp3) is 0.625. The molecule has 1 unspecified atom stereocenters. The highest BCUT2D eigenvalue weighted by Gasteiger charge is 2.28. The summed E-state index contributed by atoms with van der Waals surface area (Å²) in [5.74, 6) is 0.564. The number of aromatic nitrogens is 1. The van der Waals surface area contributed by atoms with Gasteiger partial charge in [0.25, 0.3) is 0 Å². The van der Waals surface area contributed by atoms with Crippen molar-refractivity contribution in [1.82, 2.24) is 9.88 Å². The number of likely N-dealkylation sites (N-methyl/N-ethyl adjacent to an activating group) is 1. The summed E-state index contributed by atoms with van der Waals surface area (Å²) in [6, 6.07) is 3.53. The van der Waals surface area contributed by atoms with Gasteiger partial charge in [-0.3, -0.25) is 9.59 Å². The van der Waals surface area contributed by atoms with Crippen LogP contribution in [0.15, 0.2) is 18.3 Å². The Morgan fingerprint density at radius 1 is 1.35 bits per heavy atom. The third-order valence-electron chi connectivity index (χ3n) is 4.40. The summed E-state index contributed by atoms with van der Waals surface area (Å²) in [4.78, 5) is 28.9. The smallest absolute Gasteiger partial charge is 0.225 e. The van der Waals surface area contributed by atoms with E-state index in [0.717, 1.165) is 12.8 Å². The Balaban J connectivity index is 1.89. The summed E-state index contributed by atoms with van der Waals surface area (Å²) in [7, 11) is 1.72. The quantitative estimate of drug-likeness (QED) is 0.841. The van der Waals surface area contributed by atoms with Gasteiger partial charge in [-0.1, -0.05) is 26.2 Å². The van der Waals surface area contributed by atoms with Crippen LogP contribution in [0.3, 0.4) is 0 Å². The van der Waals surface area contributed by atoms with E-state index in [1.54, 1.807) is 30.3 Å². The summed E-state index contributed by atoms with van der Waals surface area (Å²) < 4.78 is 0. The molecule has 1 saturated carbocycles. The summed E-state index contributed by atoms with van der Waals surface area (Å²) in [5.41, 5.74) is 0.565. The van der Waals surface area contributed by atoms with Crippen LogP contribution in [0.1, 0.15) is 49.5 Å². The van der Waals surface area contributed by atoms with Gasteiger partial charge < -0.3 is 9.88 Å². The van der Waals surface area contributed by atoms with Gasteiger partial charge in [-0.15, -0.1) is 0 Å². The van der Waals surface area contributed by atoms with E-state index in [2.05, 4.69) is 4.98 Å². The molecule has 4 heteroatoms. The molecular formula is C16H24N2O2. The molecule has 2 rings (SSSR count). The van der Waals surface area contributed by atoms with Crippen LogP contribution in [0.5, 0.6) is 0 Å². The molecule has 0 aromatic carbocycles. The van der Waals surface area contributed by atoms with Gasteiger partial charge in [0.1, 0.15) is 0 Å². The van der Waals surface area contributed by atoms with E-state index >= 15 is 0 Å². The number of rotatable bonds is 5. The van der Waals surface area contributed by atoms with Crippen LogP contribution in [0.25, 0.3) is 0 Å². The van der Waals surface area contributed by atoms with Crippen molar-refractivity contribution in [2.24, 2.45) is 11.8 Å². The Morgan fingerprint density at radius 2 is 2.05 bits per heavy atom. The zero-order valence-electron chi connectivity index (χ0n) is 12.4. The van der Waals surface area contributed by atoms with Crippen LogP contribution in [0, 0.1) is 11.8 Å². The van der Waals surface area contributed by atoms with E-state index in [9.17, 15) is 9.59 Å². The van der Waals surface area contributed by atoms with Crippen molar-refractivity contribution in [2.75, 3.05) is 13.6 Å². The molecule has 0 saturated heterocycles. The van der Waals surface area contributed by atoms with Gasteiger partial charge in [0.2, 0.25) is 5.91 Å². The van der Waals surface area contributed by atoms with E-state index in [0.29, 0.717) is 11.6 Å². The molecule has 1 N–H and O–H groups in total. The maximum absolute atomic E-state index is 12.4. The van der Waals surface area contributed by atoms with Gasteiger partial charge in [-0.2, -0.15) is 0 Å². The zero-order chi connectivity index (χ0) is 14.5. The maximum atomic E-state index is 12.4. The zero-order valence-corrected chi connectivity index (χ0v) is 12.4. The Bertz CT molecular complexity index is 447. The van der Waals surface area contributed by atoms with E-state index in [-0.39, 0.29) is 24.2 Å². The largest absolute Gasteiger partial charge is 0.359 e. The number of amides is 1. The lowest BCUT2D eigenvalue weighted by Gasteiger charge is -2.29. The summed E-state index contributed by atoms with van der Waals surface area (Å²) in [5, 5.41) is 0. The van der Waals surface area contributed by atoms with Crippen LogP contribution < -0.4 is 0 Å². The number of carbonyl (C=O) groups excluding carboxylic acids is 2. The number of aromatic amines is 1. The molecule has 20 heavy (non-hydrogen) atoms. The first-order valence-corrected chi connectivity index (χ1v) is 7.51. The molecule has 1 aromatic heterocycles. The first-order valence-electron chi connectivity index (χ1n) is 7.51. The van der Waals surface area contributed by atoms with Gasteiger partial charge in [-0.25, -0.2) is 0 Å². The van der Waals surface area contributed by atoms with E-state index in [4.69, 9.17) is 0 Å². The molecule has 1 aliphatic carbocycles. The lowest BCUT2D eigenvalue weighted by atomic mass is 9.80. The number of carbonyl (C=O) groups is 2. The standard InChI is InChI=1S/C16H24N2O2/c1-12(13-7-4-3-5-8-13)16(20)18(2)11-15(19)14-9-6-10-17-14/h6,9-10,12-13,17H,3-5,7-8,11H2,1-2H3. The molecule has 1 aliphatic rings. The fourth-order valence-corrected chi connectivity index (χ4v) is 3.07. The molecule has 1 atom stereocenters. The molecule has 4 nitrogen and oxygen atoms in total. The second kappa shape index (κ2) is 6.73. The van der Waals surface area contributed by atoms with Crippen molar-refractivity contribution in [3.8, 4) is 0 Å². The van der Waals surface area contributed by atoms with Gasteiger partial charge in [0, 0.05) is 19.2 Å². The summed E-state index contributed by atoms with van der Waals surface area (Å²) >= 11 is 0. The third-order valence-corrected chi connectivity index (χ3v) is 4.40. The van der Waals surface area contributed by atoms with Gasteiger partial charge in [0.05, 0.1) is 12.2 Å². The molecule has 1 heterocycles. The first kappa shape index (κ1) is 14.8. The molecule has 0 bridgehead atoms. The molecule has 0 spiro atoms. The molecule has 110 valence electrons. The van der Waals surface area contributed by atoms with E-state index in [1.807, 2.05) is 6.92 Å². The van der Waals surface area contributed by atoms with Crippen molar-refractivity contribution in [3.05, 3.63) is 24.0 Å². The average molecular weight is 276 g/mol. The number of hydrogen-bond acceptors (Lipinski definition) is 2. The second-order valence-corrected chi connectivity index (χ2v) is 5.89. The minimum Gasteiger partial charge on any atom is -0.359 e. The monoisotopic (exact) mass is 276 g/mol. The van der Waals surface area contributed by atoms with Crippen molar-refractivity contribution < 1.29 is 9.59 Å². The number of H-pyrrole nitrogens is 1. The first-order chi connectivity index (χ1) is 9.59. The molecule has 1 amide bonds. The van der Waals surface area contributed by atoms with Crippen molar-refractivity contribution in [2.45, 2.75) is 39.0 Å². The van der Waals surface area contributed by atoms with Crippen LogP contribution in [0.2, 0.25) is 0 Å². The Kier molecular flexibility index (Phi) is 4.99. The molecular weight excluding hydrogens is 252 g/mol. The normalized spacial score (nSPS) is 17.7. The van der Waals surface area contributed by atoms with Crippen molar-refractivity contribution in [3.63, 3.8) is 0 Å². The highest BCUT2D eigenvalue weighted by molar-refractivity contribution is 5.97. The molecule has 0 radical (unpaired) electrons. The summed E-state index contributed by atoms with van der Waals surface area (Å²) in [6.07, 6.45) is 7.76. The van der Waals surface area contributed by atoms with E-state index < -0.39 is 0 Å². The highest BCUT2D eigenvalue weighted by Crippen LogP contribution is 2.30. The van der Waals surface area contributed by atoms with Crippen LogP contribution >= 0.6 is 0 Å². The molecule has 0 aliphatic heterocycles. The van der Waals surface area contributed by atoms with Crippen LogP contribution in [0.4, 0.5) is 0 Å². The van der Waals surface area contributed by atoms with Crippen molar-refractivity contribution >= 4 is 11.7 Å². The van der Waals surface area contributed by atoms with Gasteiger partial charge in [-0.05, 0) is 30.9 Å².